The number of carbonyl (C=O) groups is 1. The second kappa shape index (κ2) is 7.72. The molecule has 0 saturated heterocycles. The number of nitrogens with zero attached hydrogens (tertiary/aromatic N) is 1. The van der Waals surface area contributed by atoms with Gasteiger partial charge in [0.2, 0.25) is 5.76 Å². The van der Waals surface area contributed by atoms with Crippen molar-refractivity contribution in [2.24, 2.45) is 5.73 Å². The Morgan fingerprint density at radius 1 is 1.46 bits per heavy atom. The minimum Gasteiger partial charge on any atom is -0.447 e. The van der Waals surface area contributed by atoms with Crippen LogP contribution in [0.15, 0.2) is 34.9 Å². The molecule has 3 heterocycles. The first-order valence-corrected chi connectivity index (χ1v) is 9.16. The number of primary amides is 1. The molecule has 0 bridgehead atoms. The fourth-order valence-electron chi connectivity index (χ4n) is 2.61. The first-order chi connectivity index (χ1) is 12.5. The van der Waals surface area contributed by atoms with Crippen LogP contribution in [0.2, 0.25) is 0 Å². The number of nitrogens with two attached hydrogens (primary N) is 2. The van der Waals surface area contributed by atoms with Crippen molar-refractivity contribution in [3.8, 4) is 0 Å². The number of fused-ring (bicyclic) bond motifs is 1. The molecule has 0 radical (unpaired) electrons. The van der Waals surface area contributed by atoms with Gasteiger partial charge < -0.3 is 20.6 Å². The van der Waals surface area contributed by atoms with E-state index in [1.54, 1.807) is 6.20 Å². The number of aryl methyl sites for hydroxylation is 1. The molecular weight excluding hydrogens is 350 g/mol. The van der Waals surface area contributed by atoms with E-state index in [0.29, 0.717) is 17.9 Å². The molecule has 0 aromatic carbocycles. The fourth-order valence-corrected chi connectivity index (χ4v) is 3.72. The van der Waals surface area contributed by atoms with Crippen LogP contribution in [0.4, 0.5) is 5.69 Å². The number of hydrogen-bond donors (Lipinski definition) is 2. The van der Waals surface area contributed by atoms with Crippen LogP contribution in [0.5, 0.6) is 0 Å². The third-order valence-corrected chi connectivity index (χ3v) is 5.33. The van der Waals surface area contributed by atoms with Crippen molar-refractivity contribution in [3.63, 3.8) is 0 Å². The van der Waals surface area contributed by atoms with Gasteiger partial charge in [0.25, 0.3) is 5.91 Å². The molecule has 0 aliphatic carbocycles. The van der Waals surface area contributed by atoms with Gasteiger partial charge in [-0.3, -0.25) is 9.78 Å². The lowest BCUT2D eigenvalue weighted by atomic mass is 10.1. The van der Waals surface area contributed by atoms with Crippen LogP contribution in [-0.2, 0) is 17.8 Å². The van der Waals surface area contributed by atoms with E-state index in [9.17, 15) is 4.79 Å². The summed E-state index contributed by atoms with van der Waals surface area (Å²) in [4.78, 5) is 16.8. The average molecular weight is 371 g/mol. The molecule has 3 aromatic rings. The van der Waals surface area contributed by atoms with E-state index in [-0.39, 0.29) is 11.9 Å². The number of aromatic nitrogens is 1. The summed E-state index contributed by atoms with van der Waals surface area (Å²) in [5.74, 6) is -0.644. The van der Waals surface area contributed by atoms with Gasteiger partial charge in [0.05, 0.1) is 23.1 Å². The standard InChI is InChI=1S/C19H21N3O3S/c1-3-14-13(16-18(26-14)15(20)17(25-16)19(21)23)8-7-11(2)24-10-12-6-4-5-9-22-12/h4-9,11H,3,10,20H2,1-2H3,(H2,21,23)/b8-7-. The van der Waals surface area contributed by atoms with Gasteiger partial charge >= 0.3 is 0 Å². The highest BCUT2D eigenvalue weighted by Gasteiger charge is 2.22. The van der Waals surface area contributed by atoms with E-state index in [2.05, 4.69) is 11.9 Å². The van der Waals surface area contributed by atoms with Crippen LogP contribution in [0.3, 0.4) is 0 Å². The zero-order valence-corrected chi connectivity index (χ0v) is 15.5. The van der Waals surface area contributed by atoms with Gasteiger partial charge in [-0.2, -0.15) is 0 Å². The molecule has 6 nitrogen and oxygen atoms in total. The zero-order chi connectivity index (χ0) is 18.7. The number of furan rings is 1. The molecule has 1 atom stereocenters. The van der Waals surface area contributed by atoms with Crippen LogP contribution >= 0.6 is 11.3 Å². The maximum absolute atomic E-state index is 11.5. The van der Waals surface area contributed by atoms with Crippen molar-refractivity contribution >= 4 is 39.3 Å². The lowest BCUT2D eigenvalue weighted by Gasteiger charge is -2.08. The molecule has 1 amide bonds. The Morgan fingerprint density at radius 3 is 2.92 bits per heavy atom. The number of ether oxygens (including phenoxy) is 1. The summed E-state index contributed by atoms with van der Waals surface area (Å²) >= 11 is 1.52. The van der Waals surface area contributed by atoms with E-state index in [1.165, 1.54) is 11.3 Å². The summed E-state index contributed by atoms with van der Waals surface area (Å²) in [7, 11) is 0. The Kier molecular flexibility index (Phi) is 5.39. The monoisotopic (exact) mass is 371 g/mol. The zero-order valence-electron chi connectivity index (χ0n) is 14.7. The number of thiophene rings is 1. The summed E-state index contributed by atoms with van der Waals surface area (Å²) in [5, 5.41) is 0. The van der Waals surface area contributed by atoms with E-state index in [4.69, 9.17) is 20.6 Å². The predicted octanol–water partition coefficient (Wildman–Crippen LogP) is 3.75. The molecule has 0 saturated carbocycles. The van der Waals surface area contributed by atoms with Gasteiger partial charge in [-0.05, 0) is 25.5 Å². The molecule has 3 rings (SSSR count). The first kappa shape index (κ1) is 18.2. The highest BCUT2D eigenvalue weighted by molar-refractivity contribution is 7.20. The largest absolute Gasteiger partial charge is 0.447 e. The summed E-state index contributed by atoms with van der Waals surface area (Å²) in [6.07, 6.45) is 6.37. The van der Waals surface area contributed by atoms with E-state index in [0.717, 1.165) is 27.3 Å². The smallest absolute Gasteiger partial charge is 0.286 e. The second-order valence-electron chi connectivity index (χ2n) is 5.86. The predicted molar refractivity (Wildman–Crippen MR) is 104 cm³/mol. The molecular formula is C19H21N3O3S. The van der Waals surface area contributed by atoms with Crippen molar-refractivity contribution in [1.82, 2.24) is 4.98 Å². The molecule has 0 fully saturated rings. The highest BCUT2D eigenvalue weighted by Crippen LogP contribution is 2.40. The molecule has 4 N–H and O–H groups in total. The molecule has 136 valence electrons. The normalized spacial score (nSPS) is 12.8. The lowest BCUT2D eigenvalue weighted by molar-refractivity contribution is 0.0823. The van der Waals surface area contributed by atoms with Crippen molar-refractivity contribution < 1.29 is 13.9 Å². The van der Waals surface area contributed by atoms with Gasteiger partial charge in [-0.25, -0.2) is 0 Å². The Balaban J connectivity index is 1.81. The second-order valence-corrected chi connectivity index (χ2v) is 6.96. The highest BCUT2D eigenvalue weighted by atomic mass is 32.1. The van der Waals surface area contributed by atoms with Crippen LogP contribution in [0.1, 0.15) is 40.5 Å². The number of pyridine rings is 1. The van der Waals surface area contributed by atoms with E-state index in [1.807, 2.05) is 37.3 Å². The third kappa shape index (κ3) is 3.63. The maximum atomic E-state index is 11.5. The fraction of sp³-hybridized carbons (Fsp3) is 0.263. The molecule has 26 heavy (non-hydrogen) atoms. The molecule has 0 spiro atoms. The molecule has 0 aliphatic heterocycles. The third-order valence-electron chi connectivity index (χ3n) is 3.97. The Bertz CT molecular complexity index is 944. The number of nitrogen functional groups attached to an aromatic ring is 1. The van der Waals surface area contributed by atoms with Gasteiger partial charge in [0, 0.05) is 16.6 Å². The molecule has 0 aliphatic rings. The number of anilines is 1. The number of hydrogen-bond acceptors (Lipinski definition) is 6. The maximum Gasteiger partial charge on any atom is 0.286 e. The van der Waals surface area contributed by atoms with Crippen LogP contribution in [0, 0.1) is 0 Å². The number of rotatable bonds is 7. The lowest BCUT2D eigenvalue weighted by Crippen LogP contribution is -2.11. The Morgan fingerprint density at radius 2 is 2.27 bits per heavy atom. The van der Waals surface area contributed by atoms with Gasteiger partial charge in [-0.1, -0.05) is 25.1 Å². The Labute approximate surface area is 155 Å². The van der Waals surface area contributed by atoms with Gasteiger partial charge in [0.15, 0.2) is 5.58 Å². The SMILES string of the molecule is CCc1sc2c(N)c(C(N)=O)oc2c1/C=C\C(C)OCc1ccccn1. The van der Waals surface area contributed by atoms with Crippen molar-refractivity contribution in [1.29, 1.82) is 0 Å². The minimum absolute atomic E-state index is 0.0167. The van der Waals surface area contributed by atoms with E-state index >= 15 is 0 Å². The topological polar surface area (TPSA) is 104 Å². The summed E-state index contributed by atoms with van der Waals surface area (Å²) in [6.45, 7) is 4.46. The summed E-state index contributed by atoms with van der Waals surface area (Å²) < 4.78 is 12.2. The van der Waals surface area contributed by atoms with Crippen LogP contribution in [-0.4, -0.2) is 17.0 Å². The van der Waals surface area contributed by atoms with Gasteiger partial charge in [-0.15, -0.1) is 11.3 Å². The molecule has 3 aromatic heterocycles. The number of amides is 1. The first-order valence-electron chi connectivity index (χ1n) is 8.34. The Hall–Kier alpha value is -2.64. The minimum atomic E-state index is -0.661. The van der Waals surface area contributed by atoms with Crippen molar-refractivity contribution in [2.45, 2.75) is 33.0 Å². The number of carbonyl (C=O) groups excluding carboxylic acids is 1. The van der Waals surface area contributed by atoms with E-state index < -0.39 is 5.91 Å². The van der Waals surface area contributed by atoms with Crippen molar-refractivity contribution in [3.05, 3.63) is 52.4 Å². The van der Waals surface area contributed by atoms with Gasteiger partial charge in [0.1, 0.15) is 5.69 Å². The van der Waals surface area contributed by atoms with Crippen LogP contribution in [0.25, 0.3) is 16.4 Å². The summed E-state index contributed by atoms with van der Waals surface area (Å²) in [6, 6.07) is 5.72. The molecule has 7 heteroatoms. The van der Waals surface area contributed by atoms with Crippen LogP contribution < -0.4 is 11.5 Å². The average Bonchev–Trinajstić information content (AvgIpc) is 3.15. The molecule has 1 unspecified atom stereocenters. The summed E-state index contributed by atoms with van der Waals surface area (Å²) in [5.41, 5.74) is 14.0. The van der Waals surface area contributed by atoms with Crippen molar-refractivity contribution in [2.75, 3.05) is 5.73 Å². The quantitative estimate of drug-likeness (QED) is 0.658.